The van der Waals surface area contributed by atoms with E-state index in [1.807, 2.05) is 73.1 Å². The first-order chi connectivity index (χ1) is 16.9. The monoisotopic (exact) mass is 470 g/mol. The van der Waals surface area contributed by atoms with E-state index in [9.17, 15) is 9.59 Å². The van der Waals surface area contributed by atoms with Crippen molar-refractivity contribution >= 4 is 17.2 Å². The van der Waals surface area contributed by atoms with Gasteiger partial charge < -0.3 is 14.8 Å². The molecule has 8 heteroatoms. The summed E-state index contributed by atoms with van der Waals surface area (Å²) in [4.78, 5) is 30.7. The number of benzene rings is 2. The van der Waals surface area contributed by atoms with Gasteiger partial charge in [0.15, 0.2) is 5.65 Å². The molecule has 1 amide bonds. The number of nitrogens with one attached hydrogen (secondary N) is 1. The van der Waals surface area contributed by atoms with Crippen LogP contribution in [0.1, 0.15) is 32.7 Å². The van der Waals surface area contributed by atoms with Crippen LogP contribution in [-0.2, 0) is 33.1 Å². The van der Waals surface area contributed by atoms with Gasteiger partial charge in [-0.1, -0.05) is 42.5 Å². The van der Waals surface area contributed by atoms with E-state index in [1.165, 1.54) is 16.3 Å². The van der Waals surface area contributed by atoms with Gasteiger partial charge in [-0.05, 0) is 23.3 Å². The van der Waals surface area contributed by atoms with Crippen LogP contribution >= 0.6 is 0 Å². The molecule has 0 saturated carbocycles. The number of rotatable bonds is 6. The molecule has 2 aromatic heterocycles. The second-order valence-corrected chi connectivity index (χ2v) is 9.27. The Morgan fingerprint density at radius 1 is 1.06 bits per heavy atom. The topological polar surface area (TPSA) is 74.9 Å². The summed E-state index contributed by atoms with van der Waals surface area (Å²) in [6.45, 7) is 2.61. The van der Waals surface area contributed by atoms with Crippen molar-refractivity contribution < 1.29 is 4.79 Å². The number of hydrogen-bond acceptors (Lipinski definition) is 5. The number of fused-ring (bicyclic) bond motifs is 2. The molecule has 0 atom stereocenters. The first-order valence-electron chi connectivity index (χ1n) is 11.8. The Balaban J connectivity index is 1.37. The lowest BCUT2D eigenvalue weighted by molar-refractivity contribution is 0.0952. The number of amides is 1. The highest BCUT2D eigenvalue weighted by atomic mass is 16.2. The number of carbonyl (C=O) groups is 1. The lowest BCUT2D eigenvalue weighted by atomic mass is 10.1. The van der Waals surface area contributed by atoms with Gasteiger partial charge in [0.25, 0.3) is 11.5 Å². The molecule has 8 nitrogen and oxygen atoms in total. The molecule has 0 spiro atoms. The van der Waals surface area contributed by atoms with Gasteiger partial charge >= 0.3 is 0 Å². The zero-order chi connectivity index (χ0) is 24.5. The van der Waals surface area contributed by atoms with E-state index in [0.29, 0.717) is 24.3 Å². The van der Waals surface area contributed by atoms with Crippen LogP contribution in [0, 0.1) is 0 Å². The van der Waals surface area contributed by atoms with Gasteiger partial charge in [-0.15, -0.1) is 0 Å². The summed E-state index contributed by atoms with van der Waals surface area (Å²) in [5, 5.41) is 7.28. The van der Waals surface area contributed by atoms with Crippen LogP contribution in [0.2, 0.25) is 0 Å². The first kappa shape index (κ1) is 22.9. The Morgan fingerprint density at radius 3 is 2.51 bits per heavy atom. The minimum Gasteiger partial charge on any atom is -0.378 e. The maximum absolute atomic E-state index is 13.4. The minimum absolute atomic E-state index is 0.149. The summed E-state index contributed by atoms with van der Waals surface area (Å²) >= 11 is 0. The maximum atomic E-state index is 13.4. The number of hydrogen-bond donors (Lipinski definition) is 1. The van der Waals surface area contributed by atoms with Crippen LogP contribution in [0.25, 0.3) is 5.65 Å². The van der Waals surface area contributed by atoms with Crippen LogP contribution in [0.4, 0.5) is 5.69 Å². The van der Waals surface area contributed by atoms with Crippen LogP contribution < -0.4 is 15.8 Å². The maximum Gasteiger partial charge on any atom is 0.279 e. The SMILES string of the molecule is CN(C)c1ccc(CNC(=O)c2cnn3c(=O)c4c(n(C)c23)CCN(Cc2ccccc2)C4)cc1. The predicted molar refractivity (Wildman–Crippen MR) is 137 cm³/mol. The normalized spacial score (nSPS) is 13.6. The molecular formula is C27H30N6O2. The highest BCUT2D eigenvalue weighted by molar-refractivity contribution is 5.99. The molecule has 4 aromatic rings. The van der Waals surface area contributed by atoms with Crippen molar-refractivity contribution in [3.8, 4) is 0 Å². The Labute approximate surface area is 204 Å². The number of carbonyl (C=O) groups excluding carboxylic acids is 1. The van der Waals surface area contributed by atoms with E-state index in [2.05, 4.69) is 27.4 Å². The third-order valence-corrected chi connectivity index (χ3v) is 6.71. The lowest BCUT2D eigenvalue weighted by Gasteiger charge is -2.29. The second kappa shape index (κ2) is 9.38. The number of aryl methyl sites for hydroxylation is 1. The fourth-order valence-electron chi connectivity index (χ4n) is 4.77. The van der Waals surface area contributed by atoms with Crippen LogP contribution in [0.15, 0.2) is 65.6 Å². The van der Waals surface area contributed by atoms with Crippen LogP contribution in [0.3, 0.4) is 0 Å². The fraction of sp³-hybridized carbons (Fsp3) is 0.296. The van der Waals surface area contributed by atoms with Crippen molar-refractivity contribution in [3.63, 3.8) is 0 Å². The van der Waals surface area contributed by atoms with Crippen molar-refractivity contribution in [3.05, 3.63) is 99.1 Å². The first-order valence-corrected chi connectivity index (χ1v) is 11.8. The van der Waals surface area contributed by atoms with Gasteiger partial charge in [0.2, 0.25) is 0 Å². The van der Waals surface area contributed by atoms with Gasteiger partial charge in [0.05, 0.1) is 11.8 Å². The van der Waals surface area contributed by atoms with Crippen LogP contribution in [0.5, 0.6) is 0 Å². The van der Waals surface area contributed by atoms with E-state index in [1.54, 1.807) is 0 Å². The smallest absolute Gasteiger partial charge is 0.279 e. The third-order valence-electron chi connectivity index (χ3n) is 6.71. The van der Waals surface area contributed by atoms with Crippen molar-refractivity contribution in [1.29, 1.82) is 0 Å². The van der Waals surface area contributed by atoms with E-state index in [0.717, 1.165) is 42.0 Å². The highest BCUT2D eigenvalue weighted by Crippen LogP contribution is 2.21. The average Bonchev–Trinajstić information content (AvgIpc) is 3.32. The Hall–Kier alpha value is -3.91. The molecule has 35 heavy (non-hydrogen) atoms. The Bertz CT molecular complexity index is 1420. The molecule has 0 radical (unpaired) electrons. The molecule has 1 aliphatic heterocycles. The fourth-order valence-corrected chi connectivity index (χ4v) is 4.77. The Kier molecular flexibility index (Phi) is 6.13. The molecule has 0 bridgehead atoms. The van der Waals surface area contributed by atoms with E-state index < -0.39 is 0 Å². The summed E-state index contributed by atoms with van der Waals surface area (Å²) in [6, 6.07) is 18.3. The quantitative estimate of drug-likeness (QED) is 0.469. The van der Waals surface area contributed by atoms with Gasteiger partial charge in [-0.3, -0.25) is 14.5 Å². The summed E-state index contributed by atoms with van der Waals surface area (Å²) in [7, 11) is 5.90. The number of nitrogens with zero attached hydrogens (tertiary/aromatic N) is 5. The number of anilines is 1. The molecule has 0 aliphatic carbocycles. The molecule has 2 aromatic carbocycles. The average molecular weight is 471 g/mol. The van der Waals surface area contributed by atoms with Crippen molar-refractivity contribution in [1.82, 2.24) is 24.4 Å². The van der Waals surface area contributed by atoms with Crippen molar-refractivity contribution in [2.45, 2.75) is 26.1 Å². The van der Waals surface area contributed by atoms with Crippen molar-refractivity contribution in [2.24, 2.45) is 7.05 Å². The number of aromatic nitrogens is 3. The summed E-state index contributed by atoms with van der Waals surface area (Å²) in [5.41, 5.74) is 5.84. The lowest BCUT2D eigenvalue weighted by Crippen LogP contribution is -2.38. The molecule has 5 rings (SSSR count). The Morgan fingerprint density at radius 2 is 1.80 bits per heavy atom. The zero-order valence-electron chi connectivity index (χ0n) is 20.4. The largest absolute Gasteiger partial charge is 0.378 e. The van der Waals surface area contributed by atoms with E-state index >= 15 is 0 Å². The molecule has 3 heterocycles. The van der Waals surface area contributed by atoms with Gasteiger partial charge in [-0.25, -0.2) is 0 Å². The summed E-state index contributed by atoms with van der Waals surface area (Å²) < 4.78 is 3.33. The molecule has 1 aliphatic rings. The van der Waals surface area contributed by atoms with E-state index in [4.69, 9.17) is 0 Å². The summed E-state index contributed by atoms with van der Waals surface area (Å²) in [5.74, 6) is -0.242. The molecule has 180 valence electrons. The van der Waals surface area contributed by atoms with Crippen LogP contribution in [-0.4, -0.2) is 45.6 Å². The molecule has 0 fully saturated rings. The zero-order valence-corrected chi connectivity index (χ0v) is 20.4. The van der Waals surface area contributed by atoms with E-state index in [-0.39, 0.29) is 11.5 Å². The second-order valence-electron chi connectivity index (χ2n) is 9.27. The predicted octanol–water partition coefficient (Wildman–Crippen LogP) is 2.59. The van der Waals surface area contributed by atoms with Crippen molar-refractivity contribution in [2.75, 3.05) is 25.5 Å². The molecule has 0 saturated heterocycles. The molecule has 1 N–H and O–H groups in total. The van der Waals surface area contributed by atoms with Gasteiger partial charge in [0, 0.05) is 65.1 Å². The van der Waals surface area contributed by atoms with Gasteiger partial charge in [0.1, 0.15) is 5.56 Å². The van der Waals surface area contributed by atoms with Gasteiger partial charge in [-0.2, -0.15) is 9.61 Å². The highest BCUT2D eigenvalue weighted by Gasteiger charge is 2.26. The molecular weight excluding hydrogens is 440 g/mol. The third kappa shape index (κ3) is 4.44. The minimum atomic E-state index is -0.242. The molecule has 0 unspecified atom stereocenters. The standard InChI is InChI=1S/C27H30N6O2/c1-30(2)21-11-9-19(10-12-21)15-28-25(34)22-16-29-33-26(22)31(3)24-13-14-32(18-23(24)27(33)35)17-20-7-5-4-6-8-20/h4-12,16H,13-15,17-18H2,1-3H3,(H,28,34). The summed E-state index contributed by atoms with van der Waals surface area (Å²) in [6.07, 6.45) is 2.24.